The molecule has 0 saturated carbocycles. The van der Waals surface area contributed by atoms with Crippen LogP contribution in [0.15, 0.2) is 42.5 Å². The maximum atomic E-state index is 13.0. The molecule has 1 N–H and O–H groups in total. The van der Waals surface area contributed by atoms with Gasteiger partial charge in [-0.2, -0.15) is 0 Å². The predicted octanol–water partition coefficient (Wildman–Crippen LogP) is 2.68. The van der Waals surface area contributed by atoms with Gasteiger partial charge in [0.25, 0.3) is 5.91 Å². The quantitative estimate of drug-likeness (QED) is 0.796. The summed E-state index contributed by atoms with van der Waals surface area (Å²) >= 11 is 5.88. The molecule has 3 rings (SSSR count). The van der Waals surface area contributed by atoms with Crippen molar-refractivity contribution in [1.29, 1.82) is 0 Å². The molecule has 1 amide bonds. The maximum Gasteiger partial charge on any atom is 0.268 e. The van der Waals surface area contributed by atoms with E-state index in [2.05, 4.69) is 15.6 Å². The minimum absolute atomic E-state index is 0.108. The molecule has 6 nitrogen and oxygen atoms in total. The van der Waals surface area contributed by atoms with Crippen molar-refractivity contribution in [3.63, 3.8) is 0 Å². The van der Waals surface area contributed by atoms with E-state index in [0.29, 0.717) is 16.7 Å². The Morgan fingerprint density at radius 3 is 2.91 bits per heavy atom. The highest BCUT2D eigenvalue weighted by Gasteiger charge is 2.18. The number of hydrogen-bond acceptors (Lipinski definition) is 4. The van der Waals surface area contributed by atoms with Gasteiger partial charge in [0, 0.05) is 0 Å². The van der Waals surface area contributed by atoms with E-state index in [0.717, 1.165) is 6.07 Å². The third-order valence-electron chi connectivity index (χ3n) is 3.14. The Labute approximate surface area is 135 Å². The molecule has 8 heteroatoms. The van der Waals surface area contributed by atoms with Crippen LogP contribution in [0.4, 0.5) is 10.1 Å². The summed E-state index contributed by atoms with van der Waals surface area (Å²) in [5.74, 6) is -0.926. The average molecular weight is 335 g/mol. The molecular weight excluding hydrogens is 323 g/mol. The fourth-order valence-corrected chi connectivity index (χ4v) is 2.16. The molecule has 0 saturated heterocycles. The van der Waals surface area contributed by atoms with Gasteiger partial charge in [0.15, 0.2) is 0 Å². The number of nitrogens with one attached hydrogen (secondary N) is 1. The van der Waals surface area contributed by atoms with Gasteiger partial charge in [0.1, 0.15) is 16.9 Å². The van der Waals surface area contributed by atoms with Crippen LogP contribution >= 0.6 is 11.6 Å². The van der Waals surface area contributed by atoms with Gasteiger partial charge in [-0.3, -0.25) is 4.79 Å². The molecule has 1 aromatic heterocycles. The number of aromatic nitrogens is 3. The minimum atomic E-state index is -0.860. The lowest BCUT2D eigenvalue weighted by Gasteiger charge is -2.14. The monoisotopic (exact) mass is 334 g/mol. The number of hydrogen-bond donors (Lipinski definition) is 1. The predicted molar refractivity (Wildman–Crippen MR) is 83.6 cm³/mol. The van der Waals surface area contributed by atoms with E-state index in [1.807, 2.05) is 12.1 Å². The number of rotatable bonds is 4. The summed E-state index contributed by atoms with van der Waals surface area (Å²) in [6, 6.07) is 10.9. The van der Waals surface area contributed by atoms with Crippen LogP contribution in [0.5, 0.6) is 0 Å². The van der Waals surface area contributed by atoms with Gasteiger partial charge in [-0.25, -0.2) is 4.39 Å². The van der Waals surface area contributed by atoms with Crippen LogP contribution in [0, 0.1) is 5.82 Å². The summed E-state index contributed by atoms with van der Waals surface area (Å²) in [6.07, 6.45) is -0.860. The Morgan fingerprint density at radius 2 is 2.13 bits per heavy atom. The first-order valence-electron chi connectivity index (χ1n) is 6.78. The smallest absolute Gasteiger partial charge is 0.268 e. The second-order valence-electron chi connectivity index (χ2n) is 4.81. The van der Waals surface area contributed by atoms with Gasteiger partial charge in [-0.05, 0) is 42.5 Å². The second-order valence-corrected chi connectivity index (χ2v) is 5.22. The summed E-state index contributed by atoms with van der Waals surface area (Å²) in [5, 5.41) is 10.5. The summed E-state index contributed by atoms with van der Waals surface area (Å²) in [6.45, 7) is 1.56. The zero-order valence-corrected chi connectivity index (χ0v) is 12.8. The standard InChI is InChI=1S/C15H12ClFN4O2/c1-9(15(22)18-12-7-6-10(17)8-11(12)16)23-21-14-5-3-2-4-13(14)19-20-21/h2-9H,1H3,(H,18,22)/t9-/m1/s1. The molecule has 0 fully saturated rings. The normalized spacial score (nSPS) is 12.1. The Kier molecular flexibility index (Phi) is 4.12. The molecule has 0 aliphatic carbocycles. The number of amides is 1. The van der Waals surface area contributed by atoms with Crippen LogP contribution in [0.1, 0.15) is 6.92 Å². The summed E-state index contributed by atoms with van der Waals surface area (Å²) in [7, 11) is 0. The number of benzene rings is 2. The molecule has 2 aromatic carbocycles. The fraction of sp³-hybridized carbons (Fsp3) is 0.133. The first-order chi connectivity index (χ1) is 11.0. The van der Waals surface area contributed by atoms with Crippen LogP contribution in [-0.2, 0) is 4.79 Å². The highest BCUT2D eigenvalue weighted by molar-refractivity contribution is 6.33. The van der Waals surface area contributed by atoms with Crippen molar-refractivity contribution in [1.82, 2.24) is 15.2 Å². The third kappa shape index (κ3) is 3.24. The summed E-state index contributed by atoms with van der Waals surface area (Å²) in [4.78, 5) is 18.8. The molecule has 0 aliphatic heterocycles. The van der Waals surface area contributed by atoms with Gasteiger partial charge in [0.05, 0.1) is 10.7 Å². The average Bonchev–Trinajstić information content (AvgIpc) is 2.93. The van der Waals surface area contributed by atoms with Crippen molar-refractivity contribution in [3.8, 4) is 0 Å². The highest BCUT2D eigenvalue weighted by Crippen LogP contribution is 2.22. The van der Waals surface area contributed by atoms with Gasteiger partial charge in [0.2, 0.25) is 6.10 Å². The van der Waals surface area contributed by atoms with Crippen molar-refractivity contribution in [2.45, 2.75) is 13.0 Å². The van der Waals surface area contributed by atoms with Crippen LogP contribution in [0.3, 0.4) is 0 Å². The Balaban J connectivity index is 1.72. The number of fused-ring (bicyclic) bond motifs is 1. The Hall–Kier alpha value is -2.67. The SMILES string of the molecule is C[C@@H](On1nnc2ccccc21)C(=O)Nc1ccc(F)cc1Cl. The van der Waals surface area contributed by atoms with E-state index in [1.165, 1.54) is 17.0 Å². The van der Waals surface area contributed by atoms with Crippen molar-refractivity contribution < 1.29 is 14.0 Å². The zero-order valence-electron chi connectivity index (χ0n) is 12.0. The maximum absolute atomic E-state index is 13.0. The van der Waals surface area contributed by atoms with Crippen LogP contribution in [0.2, 0.25) is 5.02 Å². The Morgan fingerprint density at radius 1 is 1.35 bits per heavy atom. The van der Waals surface area contributed by atoms with Crippen LogP contribution in [-0.4, -0.2) is 27.2 Å². The molecule has 1 atom stereocenters. The van der Waals surface area contributed by atoms with Crippen LogP contribution < -0.4 is 10.2 Å². The zero-order chi connectivity index (χ0) is 16.4. The lowest BCUT2D eigenvalue weighted by atomic mass is 10.3. The summed E-state index contributed by atoms with van der Waals surface area (Å²) < 4.78 is 13.0. The molecule has 0 spiro atoms. The van der Waals surface area contributed by atoms with Gasteiger partial charge >= 0.3 is 0 Å². The molecule has 0 aliphatic rings. The number of anilines is 1. The molecular formula is C15H12ClFN4O2. The van der Waals surface area contributed by atoms with Gasteiger partial charge < -0.3 is 10.2 Å². The highest BCUT2D eigenvalue weighted by atomic mass is 35.5. The number of carbonyl (C=O) groups is 1. The number of halogens is 2. The van der Waals surface area contributed by atoms with E-state index in [-0.39, 0.29) is 5.02 Å². The number of nitrogens with zero attached hydrogens (tertiary/aromatic N) is 3. The molecule has 0 unspecified atom stereocenters. The van der Waals surface area contributed by atoms with E-state index in [4.69, 9.17) is 16.4 Å². The number of carbonyl (C=O) groups excluding carboxylic acids is 1. The molecule has 0 bridgehead atoms. The molecule has 1 heterocycles. The molecule has 3 aromatic rings. The molecule has 0 radical (unpaired) electrons. The number of para-hydroxylation sites is 1. The lowest BCUT2D eigenvalue weighted by Crippen LogP contribution is -2.35. The lowest BCUT2D eigenvalue weighted by molar-refractivity contribution is -0.127. The second kappa shape index (κ2) is 6.21. The van der Waals surface area contributed by atoms with Crippen molar-refractivity contribution in [2.75, 3.05) is 5.32 Å². The molecule has 23 heavy (non-hydrogen) atoms. The summed E-state index contributed by atoms with van der Waals surface area (Å²) in [5.41, 5.74) is 1.60. The van der Waals surface area contributed by atoms with Crippen LogP contribution in [0.25, 0.3) is 11.0 Å². The molecule has 118 valence electrons. The van der Waals surface area contributed by atoms with Gasteiger partial charge in [-0.1, -0.05) is 28.6 Å². The Bertz CT molecular complexity index is 868. The van der Waals surface area contributed by atoms with E-state index in [9.17, 15) is 9.18 Å². The van der Waals surface area contributed by atoms with E-state index in [1.54, 1.807) is 19.1 Å². The van der Waals surface area contributed by atoms with Crippen molar-refractivity contribution in [3.05, 3.63) is 53.3 Å². The first kappa shape index (κ1) is 15.2. The van der Waals surface area contributed by atoms with Crippen molar-refractivity contribution >= 4 is 34.2 Å². The topological polar surface area (TPSA) is 69.0 Å². The van der Waals surface area contributed by atoms with Gasteiger partial charge in [-0.15, -0.1) is 5.10 Å². The largest absolute Gasteiger partial charge is 0.382 e. The van der Waals surface area contributed by atoms with E-state index < -0.39 is 17.8 Å². The van der Waals surface area contributed by atoms with Crippen molar-refractivity contribution in [2.24, 2.45) is 0 Å². The third-order valence-corrected chi connectivity index (χ3v) is 3.45. The minimum Gasteiger partial charge on any atom is -0.382 e. The van der Waals surface area contributed by atoms with E-state index >= 15 is 0 Å². The fourth-order valence-electron chi connectivity index (χ4n) is 1.95. The first-order valence-corrected chi connectivity index (χ1v) is 7.16.